The molecule has 92 valence electrons. The van der Waals surface area contributed by atoms with Crippen molar-refractivity contribution in [3.8, 4) is 0 Å². The molecule has 0 fully saturated rings. The zero-order valence-corrected chi connectivity index (χ0v) is 10.5. The highest BCUT2D eigenvalue weighted by Crippen LogP contribution is 2.16. The molecule has 0 aliphatic rings. The van der Waals surface area contributed by atoms with Gasteiger partial charge in [-0.05, 0) is 37.5 Å². The molecule has 0 unspecified atom stereocenters. The van der Waals surface area contributed by atoms with Crippen LogP contribution in [-0.4, -0.2) is 5.78 Å². The Morgan fingerprint density at radius 2 is 2.00 bits per heavy atom. The number of carbonyl (C=O) groups is 1. The molecule has 1 rings (SSSR count). The van der Waals surface area contributed by atoms with Crippen LogP contribution in [0.3, 0.4) is 0 Å². The van der Waals surface area contributed by atoms with Gasteiger partial charge in [0.2, 0.25) is 0 Å². The Kier molecular flexibility index (Phi) is 5.61. The number of hydrogen-bond donors (Lipinski definition) is 0. The molecule has 0 radical (unpaired) electrons. The van der Waals surface area contributed by atoms with E-state index in [4.69, 9.17) is 0 Å². The summed E-state index contributed by atoms with van der Waals surface area (Å²) in [5.74, 6) is -0.244. The second-order valence-corrected chi connectivity index (χ2v) is 4.20. The number of allylic oxidation sites excluding steroid dienone is 1. The predicted octanol–water partition coefficient (Wildman–Crippen LogP) is 4.38. The van der Waals surface area contributed by atoms with Crippen molar-refractivity contribution in [3.63, 3.8) is 0 Å². The summed E-state index contributed by atoms with van der Waals surface area (Å²) >= 11 is 0. The van der Waals surface area contributed by atoms with Crippen LogP contribution in [0.5, 0.6) is 0 Å². The van der Waals surface area contributed by atoms with Crippen molar-refractivity contribution < 1.29 is 9.18 Å². The van der Waals surface area contributed by atoms with E-state index in [2.05, 4.69) is 6.92 Å². The first-order chi connectivity index (χ1) is 8.15. The lowest BCUT2D eigenvalue weighted by Gasteiger charge is -2.04. The normalized spacial score (nSPS) is 11.6. The van der Waals surface area contributed by atoms with E-state index in [-0.39, 0.29) is 11.6 Å². The molecule has 0 aliphatic carbocycles. The zero-order valence-electron chi connectivity index (χ0n) is 10.5. The molecular weight excluding hydrogens is 215 g/mol. The predicted molar refractivity (Wildman–Crippen MR) is 69.2 cm³/mol. The van der Waals surface area contributed by atoms with E-state index in [1.54, 1.807) is 31.2 Å². The lowest BCUT2D eigenvalue weighted by molar-refractivity contribution is -0.113. The molecule has 0 saturated carbocycles. The molecule has 0 aromatic heterocycles. The summed E-state index contributed by atoms with van der Waals surface area (Å²) in [6.45, 7) is 3.66. The van der Waals surface area contributed by atoms with Gasteiger partial charge in [-0.1, -0.05) is 38.0 Å². The second-order valence-electron chi connectivity index (χ2n) is 4.20. The van der Waals surface area contributed by atoms with Crippen LogP contribution >= 0.6 is 0 Å². The number of Topliss-reactive ketones (excluding diaryl/α,β-unsaturated/α-hetero) is 1. The third kappa shape index (κ3) is 4.51. The number of ketones is 1. The first-order valence-corrected chi connectivity index (χ1v) is 6.11. The van der Waals surface area contributed by atoms with E-state index in [0.717, 1.165) is 25.7 Å². The molecule has 0 bridgehead atoms. The largest absolute Gasteiger partial charge is 0.295 e. The van der Waals surface area contributed by atoms with E-state index in [0.29, 0.717) is 11.1 Å². The van der Waals surface area contributed by atoms with Crippen molar-refractivity contribution in [2.24, 2.45) is 0 Å². The number of unbranched alkanes of at least 4 members (excludes halogenated alkanes) is 2. The summed E-state index contributed by atoms with van der Waals surface area (Å²) in [6, 6.07) is 6.53. The number of halogens is 1. The summed E-state index contributed by atoms with van der Waals surface area (Å²) in [5.41, 5.74) is 1.21. The van der Waals surface area contributed by atoms with E-state index >= 15 is 0 Å². The number of rotatable bonds is 6. The minimum Gasteiger partial charge on any atom is -0.295 e. The molecule has 0 atom stereocenters. The van der Waals surface area contributed by atoms with Gasteiger partial charge in [0.1, 0.15) is 5.82 Å². The maximum absolute atomic E-state index is 13.4. The minimum absolute atomic E-state index is 0.0318. The van der Waals surface area contributed by atoms with Gasteiger partial charge in [0.15, 0.2) is 5.78 Å². The Morgan fingerprint density at radius 1 is 1.29 bits per heavy atom. The average Bonchev–Trinajstić information content (AvgIpc) is 2.30. The molecule has 1 aromatic rings. The third-order valence-electron chi connectivity index (χ3n) is 2.74. The van der Waals surface area contributed by atoms with Gasteiger partial charge in [-0.25, -0.2) is 4.39 Å². The Hall–Kier alpha value is -1.44. The zero-order chi connectivity index (χ0) is 12.7. The summed E-state index contributed by atoms with van der Waals surface area (Å²) in [4.78, 5) is 11.5. The first kappa shape index (κ1) is 13.6. The van der Waals surface area contributed by atoms with Gasteiger partial charge in [0, 0.05) is 5.56 Å². The maximum Gasteiger partial charge on any atom is 0.155 e. The fraction of sp³-hybridized carbons (Fsp3) is 0.400. The monoisotopic (exact) mass is 234 g/mol. The van der Waals surface area contributed by atoms with Gasteiger partial charge in [-0.2, -0.15) is 0 Å². The molecule has 0 N–H and O–H groups in total. The molecule has 1 nitrogen and oxygen atoms in total. The van der Waals surface area contributed by atoms with Gasteiger partial charge in [0.05, 0.1) is 0 Å². The summed E-state index contributed by atoms with van der Waals surface area (Å²) in [7, 11) is 0. The Balaban J connectivity index is 2.83. The van der Waals surface area contributed by atoms with Crippen molar-refractivity contribution in [3.05, 3.63) is 41.2 Å². The van der Waals surface area contributed by atoms with E-state index in [9.17, 15) is 9.18 Å². The molecule has 17 heavy (non-hydrogen) atoms. The Labute approximate surface area is 102 Å². The van der Waals surface area contributed by atoms with Gasteiger partial charge < -0.3 is 0 Å². The number of hydrogen-bond acceptors (Lipinski definition) is 1. The standard InChI is InChI=1S/C15H19FO/c1-3-4-5-8-13(12(2)17)11-14-9-6-7-10-15(14)16/h6-7,9-11H,3-5,8H2,1-2H3. The van der Waals surface area contributed by atoms with Crippen LogP contribution < -0.4 is 0 Å². The van der Waals surface area contributed by atoms with E-state index < -0.39 is 0 Å². The van der Waals surface area contributed by atoms with Crippen LogP contribution in [0.1, 0.15) is 45.1 Å². The van der Waals surface area contributed by atoms with Crippen molar-refractivity contribution in [2.75, 3.05) is 0 Å². The SMILES string of the molecule is CCCCCC(=Cc1ccccc1F)C(C)=O. The van der Waals surface area contributed by atoms with Crippen LogP contribution in [0.4, 0.5) is 4.39 Å². The van der Waals surface area contributed by atoms with E-state index in [1.807, 2.05) is 0 Å². The van der Waals surface area contributed by atoms with Gasteiger partial charge in [-0.3, -0.25) is 4.79 Å². The molecule has 0 heterocycles. The lowest BCUT2D eigenvalue weighted by Crippen LogP contribution is -1.97. The highest BCUT2D eigenvalue weighted by molar-refractivity contribution is 5.97. The molecule has 0 aliphatic heterocycles. The molecule has 0 amide bonds. The fourth-order valence-corrected chi connectivity index (χ4v) is 1.70. The van der Waals surface area contributed by atoms with Crippen LogP contribution in [0.25, 0.3) is 6.08 Å². The number of carbonyl (C=O) groups excluding carboxylic acids is 1. The van der Waals surface area contributed by atoms with Gasteiger partial charge in [-0.15, -0.1) is 0 Å². The third-order valence-corrected chi connectivity index (χ3v) is 2.74. The fourth-order valence-electron chi connectivity index (χ4n) is 1.70. The quantitative estimate of drug-likeness (QED) is 0.527. The van der Waals surface area contributed by atoms with Crippen molar-refractivity contribution >= 4 is 11.9 Å². The van der Waals surface area contributed by atoms with Crippen LogP contribution in [0, 0.1) is 5.82 Å². The van der Waals surface area contributed by atoms with Crippen LogP contribution in [-0.2, 0) is 4.79 Å². The average molecular weight is 234 g/mol. The molecule has 0 saturated heterocycles. The first-order valence-electron chi connectivity index (χ1n) is 6.11. The molecule has 1 aromatic carbocycles. The van der Waals surface area contributed by atoms with E-state index in [1.165, 1.54) is 6.07 Å². The molecular formula is C15H19FO. The van der Waals surface area contributed by atoms with Crippen molar-refractivity contribution in [1.29, 1.82) is 0 Å². The van der Waals surface area contributed by atoms with Crippen LogP contribution in [0.15, 0.2) is 29.8 Å². The van der Waals surface area contributed by atoms with Crippen LogP contribution in [0.2, 0.25) is 0 Å². The van der Waals surface area contributed by atoms with Crippen molar-refractivity contribution in [2.45, 2.75) is 39.5 Å². The second kappa shape index (κ2) is 7.00. The smallest absolute Gasteiger partial charge is 0.155 e. The Bertz CT molecular complexity index is 407. The highest BCUT2D eigenvalue weighted by atomic mass is 19.1. The highest BCUT2D eigenvalue weighted by Gasteiger charge is 2.05. The number of benzene rings is 1. The summed E-state index contributed by atoms with van der Waals surface area (Å²) in [6.07, 6.45) is 5.61. The van der Waals surface area contributed by atoms with Gasteiger partial charge in [0.25, 0.3) is 0 Å². The topological polar surface area (TPSA) is 17.1 Å². The van der Waals surface area contributed by atoms with Crippen molar-refractivity contribution in [1.82, 2.24) is 0 Å². The Morgan fingerprint density at radius 3 is 2.59 bits per heavy atom. The summed E-state index contributed by atoms with van der Waals surface area (Å²) in [5, 5.41) is 0. The minimum atomic E-state index is -0.276. The summed E-state index contributed by atoms with van der Waals surface area (Å²) < 4.78 is 13.4. The lowest BCUT2D eigenvalue weighted by atomic mass is 10.0. The maximum atomic E-state index is 13.4. The molecule has 2 heteroatoms. The molecule has 0 spiro atoms. The van der Waals surface area contributed by atoms with Gasteiger partial charge >= 0.3 is 0 Å².